The topological polar surface area (TPSA) is 93.2 Å². The second-order valence-electron chi connectivity index (χ2n) is 8.98. The van der Waals surface area contributed by atoms with Crippen molar-refractivity contribution >= 4 is 27.6 Å². The minimum absolute atomic E-state index is 0.0176. The summed E-state index contributed by atoms with van der Waals surface area (Å²) in [5.41, 5.74) is 0.434. The number of benzene rings is 1. The van der Waals surface area contributed by atoms with Crippen LogP contribution in [0.25, 0.3) is 20.7 Å². The third kappa shape index (κ3) is 4.74. The predicted molar refractivity (Wildman–Crippen MR) is 123 cm³/mol. The van der Waals surface area contributed by atoms with Crippen molar-refractivity contribution in [3.63, 3.8) is 0 Å². The molecule has 7 nitrogen and oxygen atoms in total. The molecule has 0 spiro atoms. The normalized spacial score (nSPS) is 19.3. The molecule has 3 aromatic rings. The van der Waals surface area contributed by atoms with Crippen LogP contribution in [0, 0.1) is 0 Å². The number of fused-ring (bicyclic) bond motifs is 1. The first kappa shape index (κ1) is 21.4. The Bertz CT molecular complexity index is 1200. The monoisotopic (exact) mass is 441 g/mol. The average molecular weight is 442 g/mol. The molecule has 8 heteroatoms. The number of amides is 1. The molecule has 1 fully saturated rings. The van der Waals surface area contributed by atoms with Crippen molar-refractivity contribution in [3.8, 4) is 10.4 Å². The highest BCUT2D eigenvalue weighted by atomic mass is 32.1. The SMILES string of the molecule is CC(C)(C)OC(=O)NC1CCC(n2c(=O)[nH]c3cc(-c4ccccc4)sc3c2=O)CC1. The van der Waals surface area contributed by atoms with Crippen LogP contribution in [-0.4, -0.2) is 27.3 Å². The van der Waals surface area contributed by atoms with Crippen molar-refractivity contribution in [3.05, 3.63) is 57.2 Å². The van der Waals surface area contributed by atoms with E-state index in [-0.39, 0.29) is 23.3 Å². The Morgan fingerprint density at radius 1 is 1.13 bits per heavy atom. The van der Waals surface area contributed by atoms with Crippen LogP contribution in [0.4, 0.5) is 4.79 Å². The van der Waals surface area contributed by atoms with Gasteiger partial charge < -0.3 is 15.0 Å². The number of aromatic amines is 1. The van der Waals surface area contributed by atoms with E-state index in [0.29, 0.717) is 35.9 Å². The van der Waals surface area contributed by atoms with Crippen molar-refractivity contribution < 1.29 is 9.53 Å². The highest BCUT2D eigenvalue weighted by Crippen LogP contribution is 2.31. The first-order chi connectivity index (χ1) is 14.7. The highest BCUT2D eigenvalue weighted by Gasteiger charge is 2.27. The van der Waals surface area contributed by atoms with Crippen molar-refractivity contribution in [2.45, 2.75) is 64.1 Å². The quantitative estimate of drug-likeness (QED) is 0.629. The van der Waals surface area contributed by atoms with E-state index < -0.39 is 11.7 Å². The number of H-pyrrole nitrogens is 1. The minimum Gasteiger partial charge on any atom is -0.444 e. The smallest absolute Gasteiger partial charge is 0.407 e. The van der Waals surface area contributed by atoms with E-state index in [2.05, 4.69) is 10.3 Å². The number of nitrogens with zero attached hydrogens (tertiary/aromatic N) is 1. The largest absolute Gasteiger partial charge is 0.444 e. The molecular formula is C23H27N3O4S. The molecule has 0 bridgehead atoms. The van der Waals surface area contributed by atoms with Crippen molar-refractivity contribution in [1.82, 2.24) is 14.9 Å². The van der Waals surface area contributed by atoms with Crippen LogP contribution in [0.15, 0.2) is 46.0 Å². The van der Waals surface area contributed by atoms with E-state index in [1.54, 1.807) is 0 Å². The van der Waals surface area contributed by atoms with E-state index in [4.69, 9.17) is 4.74 Å². The summed E-state index contributed by atoms with van der Waals surface area (Å²) in [6.45, 7) is 5.48. The number of ether oxygens (including phenoxy) is 1. The fourth-order valence-corrected chi connectivity index (χ4v) is 5.10. The van der Waals surface area contributed by atoms with Gasteiger partial charge in [-0.05, 0) is 58.1 Å². The minimum atomic E-state index is -0.545. The van der Waals surface area contributed by atoms with Crippen LogP contribution in [0.5, 0.6) is 0 Å². The van der Waals surface area contributed by atoms with Gasteiger partial charge >= 0.3 is 11.8 Å². The zero-order valence-electron chi connectivity index (χ0n) is 17.9. The Balaban J connectivity index is 1.52. The van der Waals surface area contributed by atoms with Crippen LogP contribution >= 0.6 is 11.3 Å². The Labute approximate surface area is 184 Å². The Morgan fingerprint density at radius 3 is 2.45 bits per heavy atom. The number of alkyl carbamates (subject to hydrolysis) is 1. The number of hydrogen-bond donors (Lipinski definition) is 2. The lowest BCUT2D eigenvalue weighted by Crippen LogP contribution is -2.44. The number of carbonyl (C=O) groups is 1. The standard InChI is InChI=1S/C23H27N3O4S/c1-23(2,3)30-22(29)24-15-9-11-16(12-10-15)26-20(27)19-17(25-21(26)28)13-18(31-19)14-7-5-4-6-8-14/h4-8,13,15-16H,9-12H2,1-3H3,(H,24,29)(H,25,28). The Hall–Kier alpha value is -2.87. The zero-order chi connectivity index (χ0) is 22.2. The third-order valence-corrected chi connectivity index (χ3v) is 6.62. The maximum absolute atomic E-state index is 13.2. The highest BCUT2D eigenvalue weighted by molar-refractivity contribution is 7.22. The molecule has 2 N–H and O–H groups in total. The molecule has 0 radical (unpaired) electrons. The summed E-state index contributed by atoms with van der Waals surface area (Å²) in [5, 5.41) is 2.90. The summed E-state index contributed by atoms with van der Waals surface area (Å²) in [6, 6.07) is 11.5. The van der Waals surface area contributed by atoms with Gasteiger partial charge in [-0.1, -0.05) is 30.3 Å². The van der Waals surface area contributed by atoms with Crippen LogP contribution in [0.3, 0.4) is 0 Å². The first-order valence-electron chi connectivity index (χ1n) is 10.5. The van der Waals surface area contributed by atoms with Gasteiger partial charge in [-0.3, -0.25) is 9.36 Å². The molecule has 2 aromatic heterocycles. The number of nitrogens with one attached hydrogen (secondary N) is 2. The van der Waals surface area contributed by atoms with E-state index in [9.17, 15) is 14.4 Å². The van der Waals surface area contributed by atoms with Gasteiger partial charge in [-0.25, -0.2) is 9.59 Å². The lowest BCUT2D eigenvalue weighted by atomic mass is 9.91. The fourth-order valence-electron chi connectivity index (χ4n) is 4.05. The van der Waals surface area contributed by atoms with E-state index in [1.165, 1.54) is 15.9 Å². The number of carbonyl (C=O) groups excluding carboxylic acids is 1. The Kier molecular flexibility index (Phi) is 5.75. The van der Waals surface area contributed by atoms with Gasteiger partial charge in [-0.15, -0.1) is 11.3 Å². The van der Waals surface area contributed by atoms with Gasteiger partial charge in [0.2, 0.25) is 0 Å². The van der Waals surface area contributed by atoms with Crippen LogP contribution in [-0.2, 0) is 4.74 Å². The first-order valence-corrected chi connectivity index (χ1v) is 11.4. The molecule has 1 aliphatic rings. The summed E-state index contributed by atoms with van der Waals surface area (Å²) in [4.78, 5) is 41.8. The second-order valence-corrected chi connectivity index (χ2v) is 10.0. The predicted octanol–water partition coefficient (Wildman–Crippen LogP) is 4.43. The average Bonchev–Trinajstić information content (AvgIpc) is 3.13. The summed E-state index contributed by atoms with van der Waals surface area (Å²) in [5.74, 6) is 0. The summed E-state index contributed by atoms with van der Waals surface area (Å²) in [7, 11) is 0. The van der Waals surface area contributed by atoms with E-state index >= 15 is 0 Å². The van der Waals surface area contributed by atoms with Gasteiger partial charge in [0.25, 0.3) is 5.56 Å². The van der Waals surface area contributed by atoms with Crippen LogP contribution in [0.2, 0.25) is 0 Å². The molecule has 31 heavy (non-hydrogen) atoms. The lowest BCUT2D eigenvalue weighted by molar-refractivity contribution is 0.0487. The van der Waals surface area contributed by atoms with Crippen molar-refractivity contribution in [2.75, 3.05) is 0 Å². The Morgan fingerprint density at radius 2 is 1.81 bits per heavy atom. The fraction of sp³-hybridized carbons (Fsp3) is 0.435. The molecule has 0 atom stereocenters. The maximum Gasteiger partial charge on any atom is 0.407 e. The zero-order valence-corrected chi connectivity index (χ0v) is 18.8. The van der Waals surface area contributed by atoms with E-state index in [1.807, 2.05) is 57.2 Å². The third-order valence-electron chi connectivity index (χ3n) is 5.45. The molecule has 1 amide bonds. The summed E-state index contributed by atoms with van der Waals surface area (Å²) < 4.78 is 7.24. The number of rotatable bonds is 3. The van der Waals surface area contributed by atoms with Gasteiger partial charge in [0, 0.05) is 17.0 Å². The molecule has 0 aliphatic heterocycles. The van der Waals surface area contributed by atoms with Crippen LogP contribution < -0.4 is 16.6 Å². The molecule has 164 valence electrons. The molecule has 2 heterocycles. The van der Waals surface area contributed by atoms with Crippen molar-refractivity contribution in [2.24, 2.45) is 0 Å². The van der Waals surface area contributed by atoms with Gasteiger partial charge in [-0.2, -0.15) is 0 Å². The number of hydrogen-bond acceptors (Lipinski definition) is 5. The molecule has 0 unspecified atom stereocenters. The summed E-state index contributed by atoms with van der Waals surface area (Å²) in [6.07, 6.45) is 2.23. The molecule has 1 aromatic carbocycles. The van der Waals surface area contributed by atoms with Gasteiger partial charge in [0.15, 0.2) is 0 Å². The second kappa shape index (κ2) is 8.34. The molecule has 0 saturated heterocycles. The molecule has 1 aliphatic carbocycles. The lowest BCUT2D eigenvalue weighted by Gasteiger charge is -2.30. The van der Waals surface area contributed by atoms with Gasteiger partial charge in [0.1, 0.15) is 10.3 Å². The summed E-state index contributed by atoms with van der Waals surface area (Å²) >= 11 is 1.40. The van der Waals surface area contributed by atoms with Crippen molar-refractivity contribution in [1.29, 1.82) is 0 Å². The van der Waals surface area contributed by atoms with Gasteiger partial charge in [0.05, 0.1) is 5.52 Å². The number of thiophene rings is 1. The maximum atomic E-state index is 13.2. The van der Waals surface area contributed by atoms with E-state index in [0.717, 1.165) is 10.4 Å². The molecule has 4 rings (SSSR count). The number of aromatic nitrogens is 2. The molecular weight excluding hydrogens is 414 g/mol. The molecule has 1 saturated carbocycles. The van der Waals surface area contributed by atoms with Crippen LogP contribution in [0.1, 0.15) is 52.5 Å².